The Kier molecular flexibility index (Phi) is 7.85. The van der Waals surface area contributed by atoms with Gasteiger partial charge in [0.2, 0.25) is 0 Å². The number of rotatable bonds is 4. The number of hydrogen-bond acceptors (Lipinski definition) is 0. The topological polar surface area (TPSA) is 0 Å². The Morgan fingerprint density at radius 2 is 0.625 bits per heavy atom. The summed E-state index contributed by atoms with van der Waals surface area (Å²) in [6, 6.07) is 51.7. The lowest BCUT2D eigenvalue weighted by Crippen LogP contribution is -2.29. The molecular weight excluding hydrogens is 623 g/mol. The Hall–Kier alpha value is -5.14. The Bertz CT molecular complexity index is 2610. The SMILES string of the molecule is C/C=c1/c(-c2cccc(Cl)c2)c2ccccc2c(-c2cccc(-c3c4ccccc4c(-c4cccc(Cl)c4)c4ccccc34)c2)/c1=C/C. The molecule has 0 N–H and O–H groups in total. The molecule has 0 aromatic heterocycles. The minimum atomic E-state index is 0.735. The molecule has 0 bridgehead atoms. The molecule has 0 nitrogen and oxygen atoms in total. The molecule has 0 aliphatic carbocycles. The third kappa shape index (κ3) is 5.01. The summed E-state index contributed by atoms with van der Waals surface area (Å²) in [7, 11) is 0. The molecule has 0 unspecified atom stereocenters. The summed E-state index contributed by atoms with van der Waals surface area (Å²) in [5.41, 5.74) is 9.49. The molecule has 0 saturated carbocycles. The monoisotopic (exact) mass is 654 g/mol. The molecule has 2 heteroatoms. The molecule has 0 radical (unpaired) electrons. The normalized spacial score (nSPS) is 12.4. The van der Waals surface area contributed by atoms with Crippen molar-refractivity contribution in [2.45, 2.75) is 13.8 Å². The van der Waals surface area contributed by atoms with Gasteiger partial charge < -0.3 is 0 Å². The lowest BCUT2D eigenvalue weighted by molar-refractivity contribution is 1.50. The van der Waals surface area contributed by atoms with Crippen molar-refractivity contribution in [1.82, 2.24) is 0 Å². The molecule has 230 valence electrons. The Morgan fingerprint density at radius 3 is 0.979 bits per heavy atom. The molecule has 48 heavy (non-hydrogen) atoms. The molecule has 8 aromatic carbocycles. The van der Waals surface area contributed by atoms with E-state index in [2.05, 4.69) is 147 Å². The van der Waals surface area contributed by atoms with Crippen LogP contribution in [-0.4, -0.2) is 0 Å². The maximum absolute atomic E-state index is 6.53. The molecule has 0 aliphatic rings. The average molecular weight is 656 g/mol. The summed E-state index contributed by atoms with van der Waals surface area (Å²) in [6.07, 6.45) is 4.49. The van der Waals surface area contributed by atoms with Crippen LogP contribution in [0.2, 0.25) is 10.0 Å². The first-order valence-electron chi connectivity index (χ1n) is 16.3. The van der Waals surface area contributed by atoms with E-state index in [9.17, 15) is 0 Å². The van der Waals surface area contributed by atoms with Crippen LogP contribution in [0.25, 0.3) is 89.0 Å². The number of hydrogen-bond donors (Lipinski definition) is 0. The van der Waals surface area contributed by atoms with E-state index in [-0.39, 0.29) is 0 Å². The lowest BCUT2D eigenvalue weighted by atomic mass is 9.84. The van der Waals surface area contributed by atoms with Crippen LogP contribution in [0.5, 0.6) is 0 Å². The van der Waals surface area contributed by atoms with E-state index >= 15 is 0 Å². The third-order valence-corrected chi connectivity index (χ3v) is 9.94. The van der Waals surface area contributed by atoms with E-state index in [0.29, 0.717) is 0 Å². The molecule has 0 fully saturated rings. The van der Waals surface area contributed by atoms with Gasteiger partial charge in [0, 0.05) is 10.0 Å². The van der Waals surface area contributed by atoms with Crippen molar-refractivity contribution in [2.24, 2.45) is 0 Å². The van der Waals surface area contributed by atoms with Crippen LogP contribution in [-0.2, 0) is 0 Å². The first-order valence-corrected chi connectivity index (χ1v) is 17.1. The first-order chi connectivity index (χ1) is 23.6. The number of fused-ring (bicyclic) bond motifs is 3. The number of benzene rings is 8. The molecule has 8 rings (SSSR count). The molecule has 0 spiro atoms. The van der Waals surface area contributed by atoms with Crippen molar-refractivity contribution in [1.29, 1.82) is 0 Å². The van der Waals surface area contributed by atoms with E-state index < -0.39 is 0 Å². The highest BCUT2D eigenvalue weighted by atomic mass is 35.5. The largest absolute Gasteiger partial charge is 0.0843 e. The molecular formula is C46H32Cl2. The second kappa shape index (κ2) is 12.5. The van der Waals surface area contributed by atoms with Crippen molar-refractivity contribution < 1.29 is 0 Å². The second-order valence-corrected chi connectivity index (χ2v) is 13.0. The van der Waals surface area contributed by atoms with Gasteiger partial charge in [-0.25, -0.2) is 0 Å². The van der Waals surface area contributed by atoms with E-state index in [1.165, 1.54) is 76.1 Å². The van der Waals surface area contributed by atoms with Crippen LogP contribution < -0.4 is 10.4 Å². The minimum Gasteiger partial charge on any atom is -0.0843 e. The Labute approximate surface area is 290 Å². The highest BCUT2D eigenvalue weighted by molar-refractivity contribution is 6.31. The smallest absolute Gasteiger partial charge is 0.0412 e. The van der Waals surface area contributed by atoms with E-state index in [1.54, 1.807) is 0 Å². The van der Waals surface area contributed by atoms with Crippen LogP contribution >= 0.6 is 23.2 Å². The summed E-state index contributed by atoms with van der Waals surface area (Å²) < 4.78 is 0. The Morgan fingerprint density at radius 1 is 0.333 bits per heavy atom. The zero-order valence-corrected chi connectivity index (χ0v) is 28.3. The Balaban J connectivity index is 1.45. The van der Waals surface area contributed by atoms with Gasteiger partial charge in [-0.1, -0.05) is 151 Å². The van der Waals surface area contributed by atoms with Crippen molar-refractivity contribution in [3.05, 3.63) is 166 Å². The predicted octanol–water partition coefficient (Wildman–Crippen LogP) is 12.7. The second-order valence-electron chi connectivity index (χ2n) is 12.1. The van der Waals surface area contributed by atoms with Gasteiger partial charge in [-0.3, -0.25) is 0 Å². The van der Waals surface area contributed by atoms with Gasteiger partial charge >= 0.3 is 0 Å². The molecule has 0 saturated heterocycles. The van der Waals surface area contributed by atoms with Crippen LogP contribution in [0.4, 0.5) is 0 Å². The fraction of sp³-hybridized carbons (Fsp3) is 0.0435. The quantitative estimate of drug-likeness (QED) is 0.166. The number of halogens is 2. The van der Waals surface area contributed by atoms with Gasteiger partial charge in [-0.2, -0.15) is 0 Å². The van der Waals surface area contributed by atoms with Gasteiger partial charge in [-0.05, 0) is 131 Å². The zero-order valence-electron chi connectivity index (χ0n) is 26.8. The average Bonchev–Trinajstić information content (AvgIpc) is 3.12. The van der Waals surface area contributed by atoms with Crippen molar-refractivity contribution in [3.63, 3.8) is 0 Å². The maximum atomic E-state index is 6.53. The van der Waals surface area contributed by atoms with Crippen molar-refractivity contribution >= 4 is 67.7 Å². The first kappa shape index (κ1) is 30.2. The summed E-state index contributed by atoms with van der Waals surface area (Å²) in [5, 5.41) is 11.2. The molecule has 0 aliphatic heterocycles. The highest BCUT2D eigenvalue weighted by Gasteiger charge is 2.19. The zero-order chi connectivity index (χ0) is 32.8. The predicted molar refractivity (Wildman–Crippen MR) is 210 cm³/mol. The molecule has 0 heterocycles. The fourth-order valence-electron chi connectivity index (χ4n) is 7.57. The van der Waals surface area contributed by atoms with Gasteiger partial charge in [0.15, 0.2) is 0 Å². The van der Waals surface area contributed by atoms with Crippen LogP contribution in [0, 0.1) is 0 Å². The van der Waals surface area contributed by atoms with Crippen LogP contribution in [0.3, 0.4) is 0 Å². The third-order valence-electron chi connectivity index (χ3n) is 9.47. The van der Waals surface area contributed by atoms with E-state index in [1.807, 2.05) is 24.3 Å². The lowest BCUT2D eigenvalue weighted by Gasteiger charge is -2.19. The minimum absolute atomic E-state index is 0.735. The summed E-state index contributed by atoms with van der Waals surface area (Å²) in [4.78, 5) is 0. The van der Waals surface area contributed by atoms with Gasteiger partial charge in [0.25, 0.3) is 0 Å². The molecule has 0 amide bonds. The molecule has 8 aromatic rings. The van der Waals surface area contributed by atoms with Crippen LogP contribution in [0.15, 0.2) is 146 Å². The van der Waals surface area contributed by atoms with Crippen molar-refractivity contribution in [3.8, 4) is 44.5 Å². The highest BCUT2D eigenvalue weighted by Crippen LogP contribution is 2.44. The fourth-order valence-corrected chi connectivity index (χ4v) is 7.95. The summed E-state index contributed by atoms with van der Waals surface area (Å²) >= 11 is 13.1. The molecule has 0 atom stereocenters. The van der Waals surface area contributed by atoms with Gasteiger partial charge in [-0.15, -0.1) is 0 Å². The summed E-state index contributed by atoms with van der Waals surface area (Å²) in [6.45, 7) is 4.27. The maximum Gasteiger partial charge on any atom is 0.0412 e. The van der Waals surface area contributed by atoms with Crippen molar-refractivity contribution in [2.75, 3.05) is 0 Å². The summed E-state index contributed by atoms with van der Waals surface area (Å²) in [5.74, 6) is 0. The standard InChI is InChI=1S/C46H32Cl2/c1-3-35-36(4-2)44(31-16-12-18-33(47)27-31)38-21-6-5-20-37(38)43(35)29-14-11-15-30(26-29)45-39-22-7-9-24-41(39)46(32-17-13-19-34(48)28-32)42-25-10-8-23-40(42)45/h3-28H,1-2H3/b35-3+,36-4+. The van der Waals surface area contributed by atoms with Gasteiger partial charge in [0.05, 0.1) is 0 Å². The van der Waals surface area contributed by atoms with E-state index in [0.717, 1.165) is 21.2 Å². The van der Waals surface area contributed by atoms with Crippen LogP contribution in [0.1, 0.15) is 13.8 Å². The van der Waals surface area contributed by atoms with Gasteiger partial charge in [0.1, 0.15) is 0 Å². The van der Waals surface area contributed by atoms with E-state index in [4.69, 9.17) is 23.2 Å².